The van der Waals surface area contributed by atoms with E-state index >= 15 is 0 Å². The number of nitrogens with one attached hydrogen (secondary N) is 1. The zero-order valence-corrected chi connectivity index (χ0v) is 12.4. The number of benzene rings is 2. The monoisotopic (exact) mass is 303 g/mol. The van der Waals surface area contributed by atoms with Crippen molar-refractivity contribution in [2.75, 3.05) is 12.4 Å². The summed E-state index contributed by atoms with van der Waals surface area (Å²) in [6.07, 6.45) is 0. The molecule has 0 aliphatic rings. The van der Waals surface area contributed by atoms with Gasteiger partial charge in [-0.2, -0.15) is 0 Å². The predicted molar refractivity (Wildman–Crippen MR) is 84.2 cm³/mol. The van der Waals surface area contributed by atoms with Crippen molar-refractivity contribution in [3.05, 3.63) is 36.4 Å². The number of fused-ring (bicyclic) bond motifs is 3. The number of ether oxygens (including phenoxy) is 1. The topological polar surface area (TPSA) is 51.5 Å². The number of amides is 1. The summed E-state index contributed by atoms with van der Waals surface area (Å²) in [6, 6.07) is 11.4. The van der Waals surface area contributed by atoms with Gasteiger partial charge in [0.2, 0.25) is 5.91 Å². The fourth-order valence-corrected chi connectivity index (χ4v) is 2.30. The van der Waals surface area contributed by atoms with E-state index in [1.165, 1.54) is 0 Å². The summed E-state index contributed by atoms with van der Waals surface area (Å²) in [4.78, 5) is 11.8. The van der Waals surface area contributed by atoms with Crippen LogP contribution < -0.4 is 10.1 Å². The SMILES string of the molecule is COc1cc2c(cc1NC(=O)[C@H](C)Cl)oc1ccccc12. The lowest BCUT2D eigenvalue weighted by molar-refractivity contribution is -0.115. The van der Waals surface area contributed by atoms with E-state index in [0.29, 0.717) is 17.0 Å². The first-order chi connectivity index (χ1) is 10.1. The Bertz CT molecular complexity index is 823. The van der Waals surface area contributed by atoms with Gasteiger partial charge >= 0.3 is 0 Å². The molecule has 0 radical (unpaired) electrons. The van der Waals surface area contributed by atoms with Crippen LogP contribution in [0.1, 0.15) is 6.92 Å². The maximum atomic E-state index is 11.8. The average Bonchev–Trinajstić information content (AvgIpc) is 2.83. The number of alkyl halides is 1. The summed E-state index contributed by atoms with van der Waals surface area (Å²) >= 11 is 5.78. The van der Waals surface area contributed by atoms with E-state index in [0.717, 1.165) is 16.4 Å². The number of halogens is 1. The van der Waals surface area contributed by atoms with E-state index in [2.05, 4.69) is 5.32 Å². The van der Waals surface area contributed by atoms with Crippen LogP contribution in [0.3, 0.4) is 0 Å². The van der Waals surface area contributed by atoms with Crippen LogP contribution in [0.5, 0.6) is 5.75 Å². The van der Waals surface area contributed by atoms with E-state index in [4.69, 9.17) is 20.8 Å². The van der Waals surface area contributed by atoms with Gasteiger partial charge in [0.05, 0.1) is 12.8 Å². The molecule has 5 heteroatoms. The number of rotatable bonds is 3. The summed E-state index contributed by atoms with van der Waals surface area (Å²) in [5.41, 5.74) is 2.03. The van der Waals surface area contributed by atoms with Crippen molar-refractivity contribution < 1.29 is 13.9 Å². The first-order valence-corrected chi connectivity index (χ1v) is 6.98. The molecule has 2 aromatic carbocycles. The largest absolute Gasteiger partial charge is 0.495 e. The van der Waals surface area contributed by atoms with Crippen molar-refractivity contribution in [3.8, 4) is 5.75 Å². The standard InChI is InChI=1S/C16H14ClNO3/c1-9(17)16(19)18-12-8-14-11(7-15(12)20-2)10-5-3-4-6-13(10)21-14/h3-9H,1-2H3,(H,18,19)/t9-/m0/s1. The number of para-hydroxylation sites is 1. The molecule has 0 unspecified atom stereocenters. The minimum atomic E-state index is -0.624. The molecule has 0 bridgehead atoms. The molecule has 1 atom stereocenters. The maximum Gasteiger partial charge on any atom is 0.242 e. The molecule has 1 amide bonds. The number of furan rings is 1. The van der Waals surface area contributed by atoms with E-state index in [1.54, 1.807) is 20.1 Å². The molecule has 0 aliphatic carbocycles. The summed E-state index contributed by atoms with van der Waals surface area (Å²) < 4.78 is 11.1. The number of methoxy groups -OCH3 is 1. The van der Waals surface area contributed by atoms with Crippen LogP contribution in [0, 0.1) is 0 Å². The first kappa shape index (κ1) is 13.8. The Morgan fingerprint density at radius 3 is 2.71 bits per heavy atom. The quantitative estimate of drug-likeness (QED) is 0.739. The molecule has 108 valence electrons. The zero-order chi connectivity index (χ0) is 15.0. The third-order valence-corrected chi connectivity index (χ3v) is 3.52. The lowest BCUT2D eigenvalue weighted by atomic mass is 10.1. The van der Waals surface area contributed by atoms with Gasteiger partial charge in [-0.25, -0.2) is 0 Å². The number of anilines is 1. The highest BCUT2D eigenvalue weighted by Gasteiger charge is 2.16. The normalized spacial score (nSPS) is 12.5. The molecule has 0 aliphatic heterocycles. The first-order valence-electron chi connectivity index (χ1n) is 6.54. The van der Waals surface area contributed by atoms with Gasteiger partial charge in [-0.1, -0.05) is 18.2 Å². The third-order valence-electron chi connectivity index (χ3n) is 3.32. The van der Waals surface area contributed by atoms with Crippen molar-refractivity contribution in [2.24, 2.45) is 0 Å². The molecule has 0 fully saturated rings. The molecule has 4 nitrogen and oxygen atoms in total. The van der Waals surface area contributed by atoms with Gasteiger partial charge < -0.3 is 14.5 Å². The van der Waals surface area contributed by atoms with Gasteiger partial charge in [0.15, 0.2) is 0 Å². The van der Waals surface area contributed by atoms with Gasteiger partial charge in [-0.3, -0.25) is 4.79 Å². The average molecular weight is 304 g/mol. The smallest absolute Gasteiger partial charge is 0.242 e. The van der Waals surface area contributed by atoms with Gasteiger partial charge in [-0.15, -0.1) is 11.6 Å². The minimum Gasteiger partial charge on any atom is -0.495 e. The molecule has 1 heterocycles. The van der Waals surface area contributed by atoms with Crippen LogP contribution in [-0.2, 0) is 4.79 Å². The molecule has 0 saturated carbocycles. The molecular formula is C16H14ClNO3. The van der Waals surface area contributed by atoms with Crippen molar-refractivity contribution in [1.29, 1.82) is 0 Å². The molecular weight excluding hydrogens is 290 g/mol. The Morgan fingerprint density at radius 1 is 1.24 bits per heavy atom. The van der Waals surface area contributed by atoms with Crippen molar-refractivity contribution in [1.82, 2.24) is 0 Å². The predicted octanol–water partition coefficient (Wildman–Crippen LogP) is 4.16. The van der Waals surface area contributed by atoms with E-state index < -0.39 is 5.38 Å². The molecule has 0 saturated heterocycles. The Morgan fingerprint density at radius 2 is 2.00 bits per heavy atom. The Labute approximate surface area is 126 Å². The van der Waals surface area contributed by atoms with E-state index in [1.807, 2.05) is 30.3 Å². The summed E-state index contributed by atoms with van der Waals surface area (Å²) in [5.74, 6) is 0.283. The Kier molecular flexibility index (Phi) is 3.47. The second kappa shape index (κ2) is 5.30. The fraction of sp³-hybridized carbons (Fsp3) is 0.188. The lowest BCUT2D eigenvalue weighted by Crippen LogP contribution is -2.20. The minimum absolute atomic E-state index is 0.287. The van der Waals surface area contributed by atoms with Crippen molar-refractivity contribution >= 4 is 45.1 Å². The van der Waals surface area contributed by atoms with Gasteiger partial charge in [-0.05, 0) is 19.1 Å². The van der Waals surface area contributed by atoms with Gasteiger partial charge in [0.25, 0.3) is 0 Å². The van der Waals surface area contributed by atoms with E-state index in [-0.39, 0.29) is 5.91 Å². The van der Waals surface area contributed by atoms with Crippen LogP contribution in [-0.4, -0.2) is 18.4 Å². The lowest BCUT2D eigenvalue weighted by Gasteiger charge is -2.11. The highest BCUT2D eigenvalue weighted by atomic mass is 35.5. The maximum absolute atomic E-state index is 11.8. The summed E-state index contributed by atoms with van der Waals surface area (Å²) in [7, 11) is 1.56. The van der Waals surface area contributed by atoms with Crippen LogP contribution >= 0.6 is 11.6 Å². The highest BCUT2D eigenvalue weighted by Crippen LogP contribution is 2.36. The Hall–Kier alpha value is -2.20. The second-order valence-electron chi connectivity index (χ2n) is 4.75. The molecule has 3 aromatic rings. The zero-order valence-electron chi connectivity index (χ0n) is 11.6. The second-order valence-corrected chi connectivity index (χ2v) is 5.41. The highest BCUT2D eigenvalue weighted by molar-refractivity contribution is 6.32. The fourth-order valence-electron chi connectivity index (χ4n) is 2.25. The van der Waals surface area contributed by atoms with Gasteiger partial charge in [0, 0.05) is 16.8 Å². The molecule has 21 heavy (non-hydrogen) atoms. The van der Waals surface area contributed by atoms with Gasteiger partial charge in [0.1, 0.15) is 22.3 Å². The molecule has 1 aromatic heterocycles. The van der Waals surface area contributed by atoms with Crippen LogP contribution in [0.4, 0.5) is 5.69 Å². The van der Waals surface area contributed by atoms with Crippen LogP contribution in [0.2, 0.25) is 0 Å². The summed E-state index contributed by atoms with van der Waals surface area (Å²) in [6.45, 7) is 1.61. The number of carbonyl (C=O) groups excluding carboxylic acids is 1. The third kappa shape index (κ3) is 2.43. The van der Waals surface area contributed by atoms with Crippen LogP contribution in [0.15, 0.2) is 40.8 Å². The summed E-state index contributed by atoms with van der Waals surface area (Å²) in [5, 5.41) is 4.07. The molecule has 1 N–H and O–H groups in total. The van der Waals surface area contributed by atoms with E-state index in [9.17, 15) is 4.79 Å². The molecule has 3 rings (SSSR count). The van der Waals surface area contributed by atoms with Crippen LogP contribution in [0.25, 0.3) is 21.9 Å². The number of hydrogen-bond donors (Lipinski definition) is 1. The Balaban J connectivity index is 2.17. The van der Waals surface area contributed by atoms with Crippen molar-refractivity contribution in [2.45, 2.75) is 12.3 Å². The molecule has 0 spiro atoms. The number of carbonyl (C=O) groups is 1. The number of hydrogen-bond acceptors (Lipinski definition) is 3. The van der Waals surface area contributed by atoms with Crippen molar-refractivity contribution in [3.63, 3.8) is 0 Å².